The predicted octanol–water partition coefficient (Wildman–Crippen LogP) is 0.283. The van der Waals surface area contributed by atoms with Crippen molar-refractivity contribution in [3.63, 3.8) is 0 Å². The van der Waals surface area contributed by atoms with Crippen LogP contribution in [0.1, 0.15) is 13.3 Å². The molecule has 2 aliphatic heterocycles. The molecule has 1 aromatic rings. The van der Waals surface area contributed by atoms with E-state index in [0.717, 1.165) is 36.8 Å². The van der Waals surface area contributed by atoms with E-state index in [9.17, 15) is 23.1 Å². The highest BCUT2D eigenvalue weighted by atomic mass is 19.4. The zero-order valence-electron chi connectivity index (χ0n) is 15.1. The maximum absolute atomic E-state index is 13.2. The first-order valence-electron chi connectivity index (χ1n) is 8.92. The number of halogens is 3. The van der Waals surface area contributed by atoms with E-state index in [-0.39, 0.29) is 12.1 Å². The number of aliphatic hydroxyl groups is 1. The smallest absolute Gasteiger partial charge is 0.360 e. The van der Waals surface area contributed by atoms with Crippen molar-refractivity contribution in [1.82, 2.24) is 10.4 Å². The van der Waals surface area contributed by atoms with E-state index in [4.69, 9.17) is 0 Å². The highest BCUT2D eigenvalue weighted by Crippen LogP contribution is 2.37. The third-order valence-electron chi connectivity index (χ3n) is 5.00. The molecule has 1 saturated heterocycles. The molecule has 0 aliphatic carbocycles. The van der Waals surface area contributed by atoms with Crippen molar-refractivity contribution in [2.75, 3.05) is 37.6 Å². The number of para-hydroxylation sites is 1. The standard InChI is InChI=1S/C18H23F3N4O2/c1-14-13-17(27,18(19,20)21)25(22-14)16(26)7-8-23-9-11-24(12-10-23)15-5-3-2-4-6-15/h2-6,13,22,27H,7-12H2,1H3/p+1/t17-/m1/s1. The molecule has 2 aliphatic rings. The second kappa shape index (κ2) is 7.40. The molecule has 6 nitrogen and oxygen atoms in total. The summed E-state index contributed by atoms with van der Waals surface area (Å²) in [4.78, 5) is 15.7. The van der Waals surface area contributed by atoms with Crippen molar-refractivity contribution in [2.45, 2.75) is 25.2 Å². The molecule has 1 fully saturated rings. The van der Waals surface area contributed by atoms with Crippen LogP contribution in [0.15, 0.2) is 42.1 Å². The minimum atomic E-state index is -4.97. The summed E-state index contributed by atoms with van der Waals surface area (Å²) >= 11 is 0. The normalized spacial score (nSPS) is 24.0. The van der Waals surface area contributed by atoms with Crippen LogP contribution in [0.5, 0.6) is 0 Å². The van der Waals surface area contributed by atoms with Gasteiger partial charge in [-0.25, -0.2) is 5.01 Å². The molecule has 1 atom stereocenters. The molecule has 3 N–H and O–H groups in total. The van der Waals surface area contributed by atoms with E-state index in [1.165, 1.54) is 6.92 Å². The van der Waals surface area contributed by atoms with Crippen LogP contribution in [0.25, 0.3) is 0 Å². The van der Waals surface area contributed by atoms with Crippen molar-refractivity contribution < 1.29 is 28.0 Å². The van der Waals surface area contributed by atoms with Gasteiger partial charge in [-0.15, -0.1) is 0 Å². The van der Waals surface area contributed by atoms with E-state index in [2.05, 4.69) is 10.3 Å². The summed E-state index contributed by atoms with van der Waals surface area (Å²) < 4.78 is 39.6. The molecular weight excluding hydrogens is 361 g/mol. The number of nitrogens with zero attached hydrogens (tertiary/aromatic N) is 2. The van der Waals surface area contributed by atoms with E-state index >= 15 is 0 Å². The number of hydrogen-bond acceptors (Lipinski definition) is 4. The molecule has 9 heteroatoms. The van der Waals surface area contributed by atoms with E-state index in [0.29, 0.717) is 17.6 Å². The molecule has 0 aromatic heterocycles. The summed E-state index contributed by atoms with van der Waals surface area (Å²) in [6.07, 6.45) is -4.43. The van der Waals surface area contributed by atoms with Gasteiger partial charge in [0, 0.05) is 11.4 Å². The maximum atomic E-state index is 13.2. The van der Waals surface area contributed by atoms with Crippen LogP contribution in [0.4, 0.5) is 18.9 Å². The zero-order valence-corrected chi connectivity index (χ0v) is 15.1. The van der Waals surface area contributed by atoms with Gasteiger partial charge in [-0.05, 0) is 25.1 Å². The van der Waals surface area contributed by atoms with Gasteiger partial charge in [0.05, 0.1) is 39.1 Å². The van der Waals surface area contributed by atoms with E-state index in [1.807, 2.05) is 30.3 Å². The van der Waals surface area contributed by atoms with Crippen LogP contribution in [-0.4, -0.2) is 60.6 Å². The van der Waals surface area contributed by atoms with Crippen LogP contribution in [0, 0.1) is 0 Å². The quantitative estimate of drug-likeness (QED) is 0.697. The lowest BCUT2D eigenvalue weighted by Crippen LogP contribution is -3.15. The number of nitrogens with one attached hydrogen (secondary N) is 2. The number of carbonyl (C=O) groups excluding carboxylic acids is 1. The SMILES string of the molecule is CC1=C[C@@](O)(C(F)(F)F)N(C(=O)CC[NH+]2CCN(c3ccccc3)CC2)N1. The molecule has 27 heavy (non-hydrogen) atoms. The molecule has 0 saturated carbocycles. The first kappa shape index (κ1) is 19.5. The first-order valence-corrected chi connectivity index (χ1v) is 8.92. The lowest BCUT2D eigenvalue weighted by Gasteiger charge is -2.35. The number of hydrogen-bond donors (Lipinski definition) is 3. The van der Waals surface area contributed by atoms with Gasteiger partial charge in [0.25, 0.3) is 5.72 Å². The van der Waals surface area contributed by atoms with Crippen molar-refractivity contribution in [3.8, 4) is 0 Å². The number of anilines is 1. The predicted molar refractivity (Wildman–Crippen MR) is 93.6 cm³/mol. The summed E-state index contributed by atoms with van der Waals surface area (Å²) in [6, 6.07) is 10.0. The Balaban J connectivity index is 1.52. The van der Waals surface area contributed by atoms with Crippen molar-refractivity contribution in [1.29, 1.82) is 0 Å². The molecule has 0 radical (unpaired) electrons. The molecule has 148 valence electrons. The van der Waals surface area contributed by atoms with E-state index < -0.39 is 17.8 Å². The van der Waals surface area contributed by atoms with Crippen LogP contribution in [0.3, 0.4) is 0 Å². The van der Waals surface area contributed by atoms with Gasteiger partial charge in [0.2, 0.25) is 5.91 Å². The number of carbonyl (C=O) groups is 1. The summed E-state index contributed by atoms with van der Waals surface area (Å²) in [6.45, 7) is 5.04. The topological polar surface area (TPSA) is 60.2 Å². The van der Waals surface area contributed by atoms with Gasteiger partial charge in [-0.1, -0.05) is 18.2 Å². The minimum absolute atomic E-state index is 0.0762. The van der Waals surface area contributed by atoms with Crippen LogP contribution in [-0.2, 0) is 4.79 Å². The Hall–Kier alpha value is -2.26. The Kier molecular flexibility index (Phi) is 5.34. The third kappa shape index (κ3) is 4.03. The van der Waals surface area contributed by atoms with Crippen molar-refractivity contribution in [3.05, 3.63) is 42.1 Å². The minimum Gasteiger partial charge on any atom is -0.360 e. The fourth-order valence-corrected chi connectivity index (χ4v) is 3.49. The van der Waals surface area contributed by atoms with Crippen molar-refractivity contribution in [2.24, 2.45) is 0 Å². The summed E-state index contributed by atoms with van der Waals surface area (Å²) in [5, 5.41) is 10.2. The molecule has 1 aromatic carbocycles. The van der Waals surface area contributed by atoms with Gasteiger partial charge in [-0.2, -0.15) is 13.2 Å². The molecular formula is C18H24F3N4O2+. The number of rotatable bonds is 4. The van der Waals surface area contributed by atoms with Crippen LogP contribution >= 0.6 is 0 Å². The van der Waals surface area contributed by atoms with Crippen LogP contribution in [0.2, 0.25) is 0 Å². The van der Waals surface area contributed by atoms with Gasteiger partial charge in [0.15, 0.2) is 0 Å². The molecule has 0 unspecified atom stereocenters. The van der Waals surface area contributed by atoms with Crippen molar-refractivity contribution >= 4 is 11.6 Å². The Morgan fingerprint density at radius 1 is 1.26 bits per heavy atom. The van der Waals surface area contributed by atoms with Gasteiger partial charge in [0.1, 0.15) is 0 Å². The number of amides is 1. The first-order chi connectivity index (χ1) is 12.7. The van der Waals surface area contributed by atoms with Gasteiger partial charge < -0.3 is 14.9 Å². The second-order valence-electron chi connectivity index (χ2n) is 6.96. The van der Waals surface area contributed by atoms with Gasteiger partial charge >= 0.3 is 6.18 Å². The number of quaternary nitrogens is 1. The second-order valence-corrected chi connectivity index (χ2v) is 6.96. The fourth-order valence-electron chi connectivity index (χ4n) is 3.49. The Morgan fingerprint density at radius 2 is 1.89 bits per heavy atom. The Bertz CT molecular complexity index is 702. The highest BCUT2D eigenvalue weighted by Gasteiger charge is 2.61. The average molecular weight is 385 g/mol. The number of alkyl halides is 3. The largest absolute Gasteiger partial charge is 0.442 e. The van der Waals surface area contributed by atoms with Crippen LogP contribution < -0.4 is 15.2 Å². The molecule has 0 bridgehead atoms. The summed E-state index contributed by atoms with van der Waals surface area (Å²) in [5.74, 6) is -0.777. The Labute approximate surface area is 155 Å². The maximum Gasteiger partial charge on any atom is 0.442 e. The summed E-state index contributed by atoms with van der Waals surface area (Å²) in [5.41, 5.74) is 0.262. The molecule has 1 amide bonds. The number of piperazine rings is 1. The average Bonchev–Trinajstić information content (AvgIpc) is 2.96. The monoisotopic (exact) mass is 385 g/mol. The Morgan fingerprint density at radius 3 is 2.48 bits per heavy atom. The highest BCUT2D eigenvalue weighted by molar-refractivity contribution is 5.77. The number of allylic oxidation sites excluding steroid dienone is 1. The molecule has 3 rings (SSSR count). The van der Waals surface area contributed by atoms with E-state index in [1.54, 1.807) is 0 Å². The molecule has 2 heterocycles. The number of benzene rings is 1. The molecule has 0 spiro atoms. The third-order valence-corrected chi connectivity index (χ3v) is 5.00. The zero-order chi connectivity index (χ0) is 19.7. The van der Waals surface area contributed by atoms with Gasteiger partial charge in [-0.3, -0.25) is 10.2 Å². The lowest BCUT2D eigenvalue weighted by molar-refractivity contribution is -0.900. The number of hydrazine groups is 1. The summed E-state index contributed by atoms with van der Waals surface area (Å²) in [7, 11) is 0. The fraction of sp³-hybridized carbons (Fsp3) is 0.500. The lowest BCUT2D eigenvalue weighted by atomic mass is 10.1.